The van der Waals surface area contributed by atoms with E-state index in [4.69, 9.17) is 38.6 Å². The summed E-state index contributed by atoms with van der Waals surface area (Å²) in [5, 5.41) is 9.33. The highest BCUT2D eigenvalue weighted by atomic mass is 35.5. The van der Waals surface area contributed by atoms with Gasteiger partial charge in [-0.1, -0.05) is 47.5 Å². The molecule has 0 bridgehead atoms. The lowest BCUT2D eigenvalue weighted by atomic mass is 10.0. The fourth-order valence-corrected chi connectivity index (χ4v) is 4.15. The number of hydrogen-bond acceptors (Lipinski definition) is 4. The third kappa shape index (κ3) is 4.38. The molecule has 2 atom stereocenters. The van der Waals surface area contributed by atoms with Crippen LogP contribution >= 0.6 is 30.9 Å². The van der Waals surface area contributed by atoms with Gasteiger partial charge < -0.3 is 15.7 Å². The molecule has 0 aliphatic heterocycles. The average molecular weight is 419 g/mol. The second-order valence-electron chi connectivity index (χ2n) is 5.33. The molecule has 0 fully saturated rings. The van der Waals surface area contributed by atoms with E-state index in [1.807, 2.05) is 0 Å². The monoisotopic (exact) mass is 418 g/mol. The van der Waals surface area contributed by atoms with Crippen molar-refractivity contribution in [1.29, 1.82) is 0 Å². The van der Waals surface area contributed by atoms with Gasteiger partial charge in [-0.05, 0) is 23.8 Å². The normalized spacial score (nSPS) is 14.5. The largest absolute Gasteiger partial charge is 0.480 e. The highest BCUT2D eigenvalue weighted by Gasteiger charge is 2.35. The van der Waals surface area contributed by atoms with Crippen LogP contribution in [0.25, 0.3) is 0 Å². The highest BCUT2D eigenvalue weighted by molar-refractivity contribution is 7.55. The number of aliphatic carboxylic acids is 1. The number of para-hydroxylation sites is 2. The van der Waals surface area contributed by atoms with Crippen LogP contribution in [0.5, 0.6) is 0 Å². The fraction of sp³-hybridized carbons (Fsp3) is 0.188. The molecule has 0 spiro atoms. The molecule has 0 aromatic heterocycles. The summed E-state index contributed by atoms with van der Waals surface area (Å²) in [5.74, 6) is -1.19. The molecule has 0 radical (unpaired) electrons. The van der Waals surface area contributed by atoms with E-state index in [-0.39, 0.29) is 27.8 Å². The first-order valence-corrected chi connectivity index (χ1v) is 9.67. The van der Waals surface area contributed by atoms with Crippen LogP contribution in [0.2, 0.25) is 10.0 Å². The predicted octanol–water partition coefficient (Wildman–Crippen LogP) is 3.83. The predicted molar refractivity (Wildman–Crippen MR) is 101 cm³/mol. The molecule has 0 aliphatic rings. The summed E-state index contributed by atoms with van der Waals surface area (Å²) in [7, 11) is -3.33. The van der Waals surface area contributed by atoms with Gasteiger partial charge in [0.1, 0.15) is 6.04 Å². The number of rotatable bonds is 7. The van der Waals surface area contributed by atoms with Crippen LogP contribution in [0, 0.1) is 0 Å². The molecular weight excluding hydrogens is 402 g/mol. The quantitative estimate of drug-likeness (QED) is 0.585. The summed E-state index contributed by atoms with van der Waals surface area (Å²) in [6.07, 6.45) is -0.0756. The van der Waals surface area contributed by atoms with E-state index in [1.165, 1.54) is 18.2 Å². The van der Waals surface area contributed by atoms with E-state index in [0.29, 0.717) is 5.56 Å². The summed E-state index contributed by atoms with van der Waals surface area (Å²) >= 11 is 12.4. The lowest BCUT2D eigenvalue weighted by Gasteiger charge is -2.31. The van der Waals surface area contributed by atoms with Crippen LogP contribution in [0.15, 0.2) is 42.5 Å². The molecular formula is C16H17Cl2N2O5P. The van der Waals surface area contributed by atoms with Crippen molar-refractivity contribution in [2.24, 2.45) is 5.73 Å². The zero-order valence-corrected chi connectivity index (χ0v) is 16.1. The molecule has 26 heavy (non-hydrogen) atoms. The summed E-state index contributed by atoms with van der Waals surface area (Å²) in [5.41, 5.74) is 6.33. The topological polar surface area (TPSA) is 113 Å². The minimum absolute atomic E-state index is 0.0693. The Kier molecular flexibility index (Phi) is 6.69. The first-order chi connectivity index (χ1) is 12.2. The van der Waals surface area contributed by atoms with Crippen molar-refractivity contribution in [3.05, 3.63) is 58.1 Å². The van der Waals surface area contributed by atoms with Crippen molar-refractivity contribution in [2.75, 3.05) is 11.8 Å². The third-order valence-corrected chi connectivity index (χ3v) is 5.62. The molecule has 4 N–H and O–H groups in total. The lowest BCUT2D eigenvalue weighted by molar-refractivity contribution is -0.138. The van der Waals surface area contributed by atoms with Crippen LogP contribution in [-0.2, 0) is 20.3 Å². The van der Waals surface area contributed by atoms with E-state index in [1.54, 1.807) is 24.3 Å². The van der Waals surface area contributed by atoms with Crippen LogP contribution in [0.4, 0.5) is 11.4 Å². The van der Waals surface area contributed by atoms with E-state index in [9.17, 15) is 14.3 Å². The maximum absolute atomic E-state index is 12.8. The van der Waals surface area contributed by atoms with Crippen LogP contribution < -0.4 is 10.4 Å². The van der Waals surface area contributed by atoms with Gasteiger partial charge in [0.2, 0.25) is 0 Å². The number of hydrogen-bond donors (Lipinski definition) is 3. The van der Waals surface area contributed by atoms with Gasteiger partial charge in [0.05, 0.1) is 21.4 Å². The molecule has 2 aromatic rings. The molecule has 7 nitrogen and oxygen atoms in total. The Morgan fingerprint density at radius 2 is 1.81 bits per heavy atom. The zero-order valence-electron chi connectivity index (χ0n) is 13.7. The number of halogens is 2. The van der Waals surface area contributed by atoms with Gasteiger partial charge in [0, 0.05) is 13.5 Å². The standard InChI is InChI=1S/C16H17Cl2N2O5P/c1-25-26(23,24)20(15-11(17)6-4-7-12(15)18)14-8-3-2-5-10(14)9-13(19)16(21)22/h2-8,13H,9,19H2,1H3,(H,21,22)(H,23,24)/t13-/m0/s1. The number of carboxylic acid groups (broad SMARTS) is 1. The molecule has 0 aliphatic carbocycles. The average Bonchev–Trinajstić information content (AvgIpc) is 2.59. The molecule has 2 rings (SSSR count). The zero-order chi connectivity index (χ0) is 19.5. The summed E-state index contributed by atoms with van der Waals surface area (Å²) in [6, 6.07) is 9.84. The molecule has 0 saturated heterocycles. The molecule has 0 heterocycles. The molecule has 1 unspecified atom stereocenters. The molecule has 0 saturated carbocycles. The summed E-state index contributed by atoms with van der Waals surface area (Å²) in [4.78, 5) is 21.5. The Balaban J connectivity index is 2.69. The van der Waals surface area contributed by atoms with Crippen molar-refractivity contribution in [1.82, 2.24) is 0 Å². The summed E-state index contributed by atoms with van der Waals surface area (Å²) in [6.45, 7) is 0. The van der Waals surface area contributed by atoms with E-state index >= 15 is 0 Å². The van der Waals surface area contributed by atoms with Crippen LogP contribution in [-0.4, -0.2) is 29.1 Å². The van der Waals surface area contributed by atoms with Crippen molar-refractivity contribution < 1.29 is 23.9 Å². The van der Waals surface area contributed by atoms with E-state index in [0.717, 1.165) is 11.8 Å². The van der Waals surface area contributed by atoms with Crippen molar-refractivity contribution in [3.63, 3.8) is 0 Å². The number of nitrogens with two attached hydrogens (primary N) is 1. The number of benzene rings is 2. The van der Waals surface area contributed by atoms with Crippen LogP contribution in [0.1, 0.15) is 5.56 Å². The van der Waals surface area contributed by atoms with Gasteiger partial charge in [-0.15, -0.1) is 0 Å². The Morgan fingerprint density at radius 1 is 1.23 bits per heavy atom. The third-order valence-electron chi connectivity index (χ3n) is 3.62. The Labute approximate surface area is 160 Å². The van der Waals surface area contributed by atoms with Gasteiger partial charge >= 0.3 is 13.7 Å². The second-order valence-corrected chi connectivity index (χ2v) is 7.89. The maximum atomic E-state index is 12.8. The van der Waals surface area contributed by atoms with Gasteiger partial charge in [-0.2, -0.15) is 0 Å². The minimum atomic E-state index is -4.40. The van der Waals surface area contributed by atoms with E-state index in [2.05, 4.69) is 0 Å². The molecule has 2 aromatic carbocycles. The number of nitrogens with zero attached hydrogens (tertiary/aromatic N) is 1. The minimum Gasteiger partial charge on any atom is -0.480 e. The van der Waals surface area contributed by atoms with Gasteiger partial charge in [0.25, 0.3) is 0 Å². The lowest BCUT2D eigenvalue weighted by Crippen LogP contribution is -2.32. The van der Waals surface area contributed by atoms with Gasteiger partial charge in [0.15, 0.2) is 0 Å². The first-order valence-electron chi connectivity index (χ1n) is 7.38. The van der Waals surface area contributed by atoms with E-state index < -0.39 is 19.8 Å². The maximum Gasteiger partial charge on any atom is 0.437 e. The Hall–Kier alpha value is -1.60. The number of carboxylic acids is 1. The van der Waals surface area contributed by atoms with Crippen molar-refractivity contribution in [2.45, 2.75) is 12.5 Å². The molecule has 10 heteroatoms. The van der Waals surface area contributed by atoms with Crippen molar-refractivity contribution in [3.8, 4) is 0 Å². The Morgan fingerprint density at radius 3 is 2.35 bits per heavy atom. The highest BCUT2D eigenvalue weighted by Crippen LogP contribution is 2.57. The number of anilines is 2. The smallest absolute Gasteiger partial charge is 0.437 e. The van der Waals surface area contributed by atoms with Crippen LogP contribution in [0.3, 0.4) is 0 Å². The fourth-order valence-electron chi connectivity index (χ4n) is 2.37. The van der Waals surface area contributed by atoms with Gasteiger partial charge in [-0.3, -0.25) is 9.32 Å². The summed E-state index contributed by atoms with van der Waals surface area (Å²) < 4.78 is 18.5. The van der Waals surface area contributed by atoms with Gasteiger partial charge in [-0.25, -0.2) is 9.24 Å². The second kappa shape index (κ2) is 8.39. The Bertz CT molecular complexity index is 844. The van der Waals surface area contributed by atoms with Crippen molar-refractivity contribution >= 4 is 48.3 Å². The first kappa shape index (κ1) is 20.7. The number of carbonyl (C=O) groups is 1. The molecule has 0 amide bonds. The molecule has 140 valence electrons. The SMILES string of the molecule is COP(=O)(O)N(c1ccccc1C[C@H](N)C(=O)O)c1c(Cl)cccc1Cl.